The van der Waals surface area contributed by atoms with Crippen molar-refractivity contribution in [2.24, 2.45) is 5.84 Å². The molecule has 0 heterocycles. The summed E-state index contributed by atoms with van der Waals surface area (Å²) in [7, 11) is 0. The molecule has 4 N–H and O–H groups in total. The van der Waals surface area contributed by atoms with Crippen LogP contribution in [0.25, 0.3) is 0 Å². The van der Waals surface area contributed by atoms with Crippen LogP contribution in [0, 0.1) is 10.1 Å². The van der Waals surface area contributed by atoms with E-state index >= 15 is 0 Å². The molecule has 0 bridgehead atoms. The first-order chi connectivity index (χ1) is 7.60. The van der Waals surface area contributed by atoms with Gasteiger partial charge < -0.3 is 10.2 Å². The molecular weight excluding hydrogens is 212 g/mol. The Hall–Kier alpha value is -1.66. The van der Waals surface area contributed by atoms with Crippen molar-refractivity contribution in [3.05, 3.63) is 45.5 Å². The van der Waals surface area contributed by atoms with E-state index in [1.807, 2.05) is 24.3 Å². The minimum atomic E-state index is -1.00. The maximum atomic E-state index is 8.65. The zero-order valence-electron chi connectivity index (χ0n) is 8.87. The normalized spacial score (nSPS) is 9.12. The molecule has 0 fully saturated rings. The van der Waals surface area contributed by atoms with Gasteiger partial charge in [-0.2, -0.15) is 5.84 Å². The van der Waals surface area contributed by atoms with Crippen LogP contribution in [-0.4, -0.2) is 28.5 Å². The van der Waals surface area contributed by atoms with Crippen molar-refractivity contribution in [1.29, 1.82) is 0 Å². The smallest absolute Gasteiger partial charge is 0.154 e. The van der Waals surface area contributed by atoms with Gasteiger partial charge in [0.25, 0.3) is 0 Å². The Morgan fingerprint density at radius 3 is 1.50 bits per heavy atom. The Morgan fingerprint density at radius 1 is 1.06 bits per heavy atom. The predicted molar refractivity (Wildman–Crippen MR) is 59.2 cm³/mol. The van der Waals surface area contributed by atoms with E-state index in [9.17, 15) is 0 Å². The SMILES string of the molecule is N[N+](=O)[O-].OCCc1ccc(CCO)cc1. The van der Waals surface area contributed by atoms with Gasteiger partial charge in [0.15, 0.2) is 5.03 Å². The highest BCUT2D eigenvalue weighted by atomic mass is 16.7. The van der Waals surface area contributed by atoms with Crippen molar-refractivity contribution in [2.45, 2.75) is 12.8 Å². The number of hydrogen-bond acceptors (Lipinski definition) is 4. The first-order valence-electron chi connectivity index (χ1n) is 4.78. The van der Waals surface area contributed by atoms with E-state index in [4.69, 9.17) is 20.3 Å². The van der Waals surface area contributed by atoms with Gasteiger partial charge in [-0.05, 0) is 24.0 Å². The van der Waals surface area contributed by atoms with E-state index in [2.05, 4.69) is 5.84 Å². The molecule has 1 aromatic rings. The van der Waals surface area contributed by atoms with Gasteiger partial charge in [-0.15, -0.1) is 0 Å². The molecule has 0 unspecified atom stereocenters. The molecule has 0 radical (unpaired) electrons. The number of aliphatic hydroxyl groups is 2. The van der Waals surface area contributed by atoms with Crippen molar-refractivity contribution >= 4 is 0 Å². The number of aliphatic hydroxyl groups excluding tert-OH is 2. The van der Waals surface area contributed by atoms with Gasteiger partial charge >= 0.3 is 0 Å². The molecule has 1 rings (SSSR count). The predicted octanol–water partition coefficient (Wildman–Crippen LogP) is -0.107. The quantitative estimate of drug-likeness (QED) is 0.378. The average molecular weight is 228 g/mol. The van der Waals surface area contributed by atoms with Gasteiger partial charge in [0.05, 0.1) is 0 Å². The van der Waals surface area contributed by atoms with Crippen molar-refractivity contribution in [1.82, 2.24) is 0 Å². The fraction of sp³-hybridized carbons (Fsp3) is 0.400. The van der Waals surface area contributed by atoms with Crippen LogP contribution in [0.5, 0.6) is 0 Å². The number of hydrogen-bond donors (Lipinski definition) is 3. The number of benzene rings is 1. The van der Waals surface area contributed by atoms with Crippen molar-refractivity contribution in [3.8, 4) is 0 Å². The van der Waals surface area contributed by atoms with Gasteiger partial charge in [-0.25, -0.2) is 10.1 Å². The Bertz CT molecular complexity index is 271. The molecule has 0 aliphatic heterocycles. The van der Waals surface area contributed by atoms with Gasteiger partial charge in [0.1, 0.15) is 0 Å². The van der Waals surface area contributed by atoms with Crippen LogP contribution in [0.4, 0.5) is 0 Å². The molecule has 6 heteroatoms. The summed E-state index contributed by atoms with van der Waals surface area (Å²) in [6, 6.07) is 7.95. The zero-order valence-corrected chi connectivity index (χ0v) is 8.87. The summed E-state index contributed by atoms with van der Waals surface area (Å²) < 4.78 is 0. The molecule has 0 aliphatic rings. The number of nitrogens with zero attached hydrogens (tertiary/aromatic N) is 1. The van der Waals surface area contributed by atoms with E-state index < -0.39 is 5.03 Å². The maximum absolute atomic E-state index is 8.65. The Kier molecular flexibility index (Phi) is 7.74. The van der Waals surface area contributed by atoms with E-state index in [-0.39, 0.29) is 13.2 Å². The number of nitro groups is 1. The molecule has 1 aromatic carbocycles. The molecule has 0 atom stereocenters. The summed E-state index contributed by atoms with van der Waals surface area (Å²) in [6.07, 6.45) is 1.42. The fourth-order valence-corrected chi connectivity index (χ4v) is 1.13. The largest absolute Gasteiger partial charge is 0.396 e. The van der Waals surface area contributed by atoms with E-state index in [0.717, 1.165) is 11.1 Å². The minimum Gasteiger partial charge on any atom is -0.396 e. The topological polar surface area (TPSA) is 110 Å². The van der Waals surface area contributed by atoms with Crippen LogP contribution >= 0.6 is 0 Å². The second kappa shape index (κ2) is 8.63. The summed E-state index contributed by atoms with van der Waals surface area (Å²) in [5.41, 5.74) is 2.28. The monoisotopic (exact) mass is 228 g/mol. The number of nitrogens with two attached hydrogens (primary N) is 1. The summed E-state index contributed by atoms with van der Waals surface area (Å²) in [6.45, 7) is 0.388. The standard InChI is InChI=1S/C10H14O2.H2N2O2/c11-7-5-9-1-2-10(4-3-9)6-8-12;1-2(3)4/h1-4,11-12H,5-8H2;1H2. The third-order valence-corrected chi connectivity index (χ3v) is 1.82. The lowest BCUT2D eigenvalue weighted by atomic mass is 10.1. The van der Waals surface area contributed by atoms with E-state index in [1.54, 1.807) is 0 Å². The molecule has 0 saturated heterocycles. The van der Waals surface area contributed by atoms with Gasteiger partial charge in [0, 0.05) is 13.2 Å². The molecule has 0 saturated carbocycles. The number of hydrazine groups is 1. The Labute approximate surface area is 93.4 Å². The van der Waals surface area contributed by atoms with Crippen molar-refractivity contribution in [3.63, 3.8) is 0 Å². The highest BCUT2D eigenvalue weighted by Crippen LogP contribution is 2.05. The lowest BCUT2D eigenvalue weighted by Crippen LogP contribution is -2.04. The van der Waals surface area contributed by atoms with Gasteiger partial charge in [0.2, 0.25) is 0 Å². The lowest BCUT2D eigenvalue weighted by Gasteiger charge is -2.00. The molecule has 6 nitrogen and oxygen atoms in total. The van der Waals surface area contributed by atoms with E-state index in [0.29, 0.717) is 12.8 Å². The minimum absolute atomic E-state index is 0.194. The second-order valence-corrected chi connectivity index (χ2v) is 3.05. The molecule has 16 heavy (non-hydrogen) atoms. The van der Waals surface area contributed by atoms with Gasteiger partial charge in [-0.3, -0.25) is 0 Å². The average Bonchev–Trinajstić information content (AvgIpc) is 2.21. The van der Waals surface area contributed by atoms with Crippen LogP contribution in [-0.2, 0) is 12.8 Å². The fourth-order valence-electron chi connectivity index (χ4n) is 1.13. The van der Waals surface area contributed by atoms with Crippen molar-refractivity contribution < 1.29 is 15.2 Å². The van der Waals surface area contributed by atoms with Crippen LogP contribution < -0.4 is 5.84 Å². The molecule has 0 amide bonds. The highest BCUT2D eigenvalue weighted by Gasteiger charge is 1.93. The third-order valence-electron chi connectivity index (χ3n) is 1.82. The van der Waals surface area contributed by atoms with Crippen LogP contribution in [0.1, 0.15) is 11.1 Å². The summed E-state index contributed by atoms with van der Waals surface area (Å²) >= 11 is 0. The Morgan fingerprint density at radius 2 is 1.31 bits per heavy atom. The summed E-state index contributed by atoms with van der Waals surface area (Å²) in [4.78, 5) is 8.58. The van der Waals surface area contributed by atoms with E-state index in [1.165, 1.54) is 0 Å². The summed E-state index contributed by atoms with van der Waals surface area (Å²) in [5, 5.41) is 24.9. The van der Waals surface area contributed by atoms with Crippen LogP contribution in [0.2, 0.25) is 0 Å². The lowest BCUT2D eigenvalue weighted by molar-refractivity contribution is -0.491. The highest BCUT2D eigenvalue weighted by molar-refractivity contribution is 5.22. The van der Waals surface area contributed by atoms with Crippen molar-refractivity contribution in [2.75, 3.05) is 13.2 Å². The molecule has 0 aliphatic carbocycles. The molecular formula is C10H16N2O4. The van der Waals surface area contributed by atoms with Crippen LogP contribution in [0.3, 0.4) is 0 Å². The molecule has 0 aromatic heterocycles. The maximum Gasteiger partial charge on any atom is 0.154 e. The molecule has 90 valence electrons. The first-order valence-corrected chi connectivity index (χ1v) is 4.78. The Balaban J connectivity index is 0.000000487. The van der Waals surface area contributed by atoms with Gasteiger partial charge in [-0.1, -0.05) is 24.3 Å². The van der Waals surface area contributed by atoms with Crippen LogP contribution in [0.15, 0.2) is 24.3 Å². The third kappa shape index (κ3) is 7.72. The number of rotatable bonds is 4. The second-order valence-electron chi connectivity index (χ2n) is 3.05. The zero-order chi connectivity index (χ0) is 12.4. The first kappa shape index (κ1) is 14.3. The summed E-state index contributed by atoms with van der Waals surface area (Å²) in [5.74, 6) is 3.83. The molecule has 0 spiro atoms.